The van der Waals surface area contributed by atoms with Crippen LogP contribution in [0.5, 0.6) is 0 Å². The standard InChI is InChI=1S/C22H20N5O/c28-16-11-10-15(12-16)25-21-19-22(24-13-23-21)27-20(26-19)18-9-5-4-8-17(18)14-6-2-1-3-7-14/h1-9,11,13,15-16,28H,10,12H2,(H2,23,24,25,26,27)/t15-,16+/m1/s1. The summed E-state index contributed by atoms with van der Waals surface area (Å²) in [4.78, 5) is 16.9. The van der Waals surface area contributed by atoms with Crippen molar-refractivity contribution in [2.75, 3.05) is 5.32 Å². The van der Waals surface area contributed by atoms with Crippen molar-refractivity contribution in [3.05, 3.63) is 67.3 Å². The van der Waals surface area contributed by atoms with Crippen LogP contribution < -0.4 is 5.32 Å². The number of aromatic nitrogens is 4. The quantitative estimate of drug-likeness (QED) is 0.508. The smallest absolute Gasteiger partial charge is 0.163 e. The predicted octanol–water partition coefficient (Wildman–Crippen LogP) is 3.83. The minimum Gasteiger partial charge on any atom is -0.393 e. The minimum atomic E-state index is -0.359. The van der Waals surface area contributed by atoms with Gasteiger partial charge in [0, 0.05) is 11.6 Å². The van der Waals surface area contributed by atoms with Gasteiger partial charge in [-0.25, -0.2) is 15.0 Å². The van der Waals surface area contributed by atoms with E-state index in [9.17, 15) is 5.11 Å². The van der Waals surface area contributed by atoms with Gasteiger partial charge in [-0.3, -0.25) is 0 Å². The Bertz CT molecular complexity index is 1110. The molecule has 1 fully saturated rings. The lowest BCUT2D eigenvalue weighted by molar-refractivity contribution is 0.213. The molecule has 2 atom stereocenters. The molecule has 2 aromatic carbocycles. The van der Waals surface area contributed by atoms with Crippen LogP contribution in [-0.4, -0.2) is 37.2 Å². The SMILES string of the molecule is O[C@H]1[CH]C[C@@H](Nc2ncnc3[nH]c(-c4ccccc4-c4ccccc4)nc23)C1. The van der Waals surface area contributed by atoms with Gasteiger partial charge in [0.2, 0.25) is 0 Å². The Balaban J connectivity index is 1.56. The molecule has 1 saturated carbocycles. The third kappa shape index (κ3) is 3.12. The van der Waals surface area contributed by atoms with Gasteiger partial charge < -0.3 is 15.4 Å². The number of hydrogen-bond acceptors (Lipinski definition) is 5. The Labute approximate surface area is 162 Å². The second kappa shape index (κ2) is 7.05. The zero-order chi connectivity index (χ0) is 18.9. The van der Waals surface area contributed by atoms with Gasteiger partial charge >= 0.3 is 0 Å². The van der Waals surface area contributed by atoms with Crippen LogP contribution in [0.3, 0.4) is 0 Å². The summed E-state index contributed by atoms with van der Waals surface area (Å²) in [7, 11) is 0. The van der Waals surface area contributed by atoms with Crippen molar-refractivity contribution in [1.29, 1.82) is 0 Å². The summed E-state index contributed by atoms with van der Waals surface area (Å²) in [6.07, 6.45) is 4.58. The number of aromatic amines is 1. The Hall–Kier alpha value is -3.25. The maximum atomic E-state index is 9.73. The van der Waals surface area contributed by atoms with Crippen LogP contribution in [-0.2, 0) is 0 Å². The summed E-state index contributed by atoms with van der Waals surface area (Å²) in [6.45, 7) is 0. The molecular formula is C22H20N5O. The van der Waals surface area contributed by atoms with E-state index in [-0.39, 0.29) is 12.1 Å². The lowest BCUT2D eigenvalue weighted by Gasteiger charge is -2.12. The molecule has 0 unspecified atom stereocenters. The first-order valence-electron chi connectivity index (χ1n) is 9.41. The minimum absolute atomic E-state index is 0.157. The molecule has 0 spiro atoms. The molecule has 5 rings (SSSR count). The number of nitrogens with zero attached hydrogens (tertiary/aromatic N) is 3. The second-order valence-electron chi connectivity index (χ2n) is 7.03. The molecule has 6 heteroatoms. The van der Waals surface area contributed by atoms with Crippen LogP contribution in [0.2, 0.25) is 0 Å². The topological polar surface area (TPSA) is 86.7 Å². The van der Waals surface area contributed by atoms with Crippen molar-refractivity contribution in [3.8, 4) is 22.5 Å². The number of anilines is 1. The van der Waals surface area contributed by atoms with Crippen molar-refractivity contribution in [2.45, 2.75) is 25.0 Å². The zero-order valence-corrected chi connectivity index (χ0v) is 15.2. The van der Waals surface area contributed by atoms with Crippen molar-refractivity contribution in [3.63, 3.8) is 0 Å². The van der Waals surface area contributed by atoms with Crippen molar-refractivity contribution < 1.29 is 5.11 Å². The van der Waals surface area contributed by atoms with E-state index in [1.54, 1.807) is 0 Å². The molecule has 1 aliphatic carbocycles. The maximum absolute atomic E-state index is 9.73. The van der Waals surface area contributed by atoms with Gasteiger partial charge in [-0.1, -0.05) is 54.6 Å². The fourth-order valence-electron chi connectivity index (χ4n) is 3.74. The van der Waals surface area contributed by atoms with Gasteiger partial charge in [-0.2, -0.15) is 0 Å². The second-order valence-corrected chi connectivity index (χ2v) is 7.03. The Morgan fingerprint density at radius 1 is 0.964 bits per heavy atom. The van der Waals surface area contributed by atoms with Gasteiger partial charge in [0.1, 0.15) is 12.2 Å². The Morgan fingerprint density at radius 2 is 1.75 bits per heavy atom. The summed E-state index contributed by atoms with van der Waals surface area (Å²) in [5.41, 5.74) is 4.67. The average Bonchev–Trinajstić information content (AvgIpc) is 3.35. The van der Waals surface area contributed by atoms with E-state index in [2.05, 4.69) is 44.5 Å². The van der Waals surface area contributed by atoms with Gasteiger partial charge in [-0.05, 0) is 30.4 Å². The zero-order valence-electron chi connectivity index (χ0n) is 15.2. The summed E-state index contributed by atoms with van der Waals surface area (Å²) in [6, 6.07) is 18.6. The van der Waals surface area contributed by atoms with Crippen molar-refractivity contribution in [2.24, 2.45) is 0 Å². The number of imidazole rings is 1. The fourth-order valence-corrected chi connectivity index (χ4v) is 3.74. The number of aliphatic hydroxyl groups excluding tert-OH is 1. The number of rotatable bonds is 4. The third-order valence-electron chi connectivity index (χ3n) is 5.11. The molecule has 3 N–H and O–H groups in total. The number of benzene rings is 2. The molecule has 2 heterocycles. The van der Waals surface area contributed by atoms with Crippen molar-refractivity contribution in [1.82, 2.24) is 19.9 Å². The highest BCUT2D eigenvalue weighted by Crippen LogP contribution is 2.32. The number of H-pyrrole nitrogens is 1. The molecule has 1 radical (unpaired) electrons. The molecular weight excluding hydrogens is 350 g/mol. The van der Waals surface area contributed by atoms with Gasteiger partial charge in [0.25, 0.3) is 0 Å². The maximum Gasteiger partial charge on any atom is 0.163 e. The number of hydrogen-bond donors (Lipinski definition) is 3. The fraction of sp³-hybridized carbons (Fsp3) is 0.182. The van der Waals surface area contributed by atoms with E-state index in [4.69, 9.17) is 4.98 Å². The van der Waals surface area contributed by atoms with Crippen LogP contribution in [0.4, 0.5) is 5.82 Å². The van der Waals surface area contributed by atoms with E-state index < -0.39 is 0 Å². The van der Waals surface area contributed by atoms with Crippen LogP contribution in [0.1, 0.15) is 12.8 Å². The molecule has 0 saturated heterocycles. The molecule has 28 heavy (non-hydrogen) atoms. The molecule has 6 nitrogen and oxygen atoms in total. The first kappa shape index (κ1) is 16.9. The van der Waals surface area contributed by atoms with E-state index in [0.717, 1.165) is 28.9 Å². The average molecular weight is 370 g/mol. The largest absolute Gasteiger partial charge is 0.393 e. The van der Waals surface area contributed by atoms with E-state index in [1.165, 1.54) is 6.33 Å². The molecule has 4 aromatic rings. The molecule has 139 valence electrons. The highest BCUT2D eigenvalue weighted by Gasteiger charge is 2.24. The van der Waals surface area contributed by atoms with Crippen LogP contribution >= 0.6 is 0 Å². The monoisotopic (exact) mass is 370 g/mol. The lowest BCUT2D eigenvalue weighted by Crippen LogP contribution is -2.17. The summed E-state index contributed by atoms with van der Waals surface area (Å²) >= 11 is 0. The number of aliphatic hydroxyl groups is 1. The van der Waals surface area contributed by atoms with E-state index in [1.807, 2.05) is 36.8 Å². The number of fused-ring (bicyclic) bond motifs is 1. The first-order chi connectivity index (χ1) is 13.8. The lowest BCUT2D eigenvalue weighted by atomic mass is 9.99. The van der Waals surface area contributed by atoms with E-state index >= 15 is 0 Å². The highest BCUT2D eigenvalue weighted by atomic mass is 16.3. The van der Waals surface area contributed by atoms with Gasteiger partial charge in [0.05, 0.1) is 6.10 Å². The van der Waals surface area contributed by atoms with E-state index in [0.29, 0.717) is 23.4 Å². The third-order valence-corrected chi connectivity index (χ3v) is 5.11. The van der Waals surface area contributed by atoms with Gasteiger partial charge in [-0.15, -0.1) is 0 Å². The molecule has 0 amide bonds. The Kier molecular flexibility index (Phi) is 4.25. The Morgan fingerprint density at radius 3 is 2.54 bits per heavy atom. The van der Waals surface area contributed by atoms with Crippen LogP contribution in [0, 0.1) is 6.42 Å². The first-order valence-corrected chi connectivity index (χ1v) is 9.41. The summed E-state index contributed by atoms with van der Waals surface area (Å²) < 4.78 is 0. The van der Waals surface area contributed by atoms with Crippen LogP contribution in [0.25, 0.3) is 33.7 Å². The van der Waals surface area contributed by atoms with Gasteiger partial charge in [0.15, 0.2) is 17.0 Å². The predicted molar refractivity (Wildman–Crippen MR) is 110 cm³/mol. The number of nitrogens with one attached hydrogen (secondary N) is 2. The summed E-state index contributed by atoms with van der Waals surface area (Å²) in [5.74, 6) is 1.45. The normalized spacial score (nSPS) is 19.2. The molecule has 2 aromatic heterocycles. The molecule has 0 bridgehead atoms. The molecule has 0 aliphatic heterocycles. The van der Waals surface area contributed by atoms with Crippen LogP contribution in [0.15, 0.2) is 60.9 Å². The van der Waals surface area contributed by atoms with Crippen molar-refractivity contribution >= 4 is 17.0 Å². The highest BCUT2D eigenvalue weighted by molar-refractivity contribution is 5.88. The summed E-state index contributed by atoms with van der Waals surface area (Å²) in [5, 5.41) is 13.1. The molecule has 1 aliphatic rings.